The van der Waals surface area contributed by atoms with Crippen molar-refractivity contribution in [3.63, 3.8) is 0 Å². The first kappa shape index (κ1) is 10.4. The molecule has 1 N–H and O–H groups in total. The minimum Gasteiger partial charge on any atom is -0.353 e. The van der Waals surface area contributed by atoms with Crippen LogP contribution >= 0.6 is 0 Å². The van der Waals surface area contributed by atoms with Gasteiger partial charge in [-0.2, -0.15) is 0 Å². The zero-order valence-electron chi connectivity index (χ0n) is 9.82. The van der Waals surface area contributed by atoms with Crippen molar-refractivity contribution in [2.45, 2.75) is 51.0 Å². The summed E-state index contributed by atoms with van der Waals surface area (Å²) in [4.78, 5) is 12.1. The topological polar surface area (TPSA) is 29.1 Å². The predicted octanol–water partition coefficient (Wildman–Crippen LogP) is 2.65. The normalized spacial score (nSPS) is 29.4. The Hall–Kier alpha value is -0.790. The molecule has 0 aromatic heterocycles. The van der Waals surface area contributed by atoms with Crippen molar-refractivity contribution >= 4 is 5.91 Å². The lowest BCUT2D eigenvalue weighted by Gasteiger charge is -2.23. The van der Waals surface area contributed by atoms with Crippen LogP contribution in [0.15, 0.2) is 12.2 Å². The highest BCUT2D eigenvalue weighted by Gasteiger charge is 2.42. The molecular weight excluding hydrogens is 198 g/mol. The summed E-state index contributed by atoms with van der Waals surface area (Å²) >= 11 is 0. The second-order valence-electron chi connectivity index (χ2n) is 5.69. The van der Waals surface area contributed by atoms with Crippen LogP contribution < -0.4 is 5.32 Å². The van der Waals surface area contributed by atoms with Crippen LogP contribution in [0.5, 0.6) is 0 Å². The Morgan fingerprint density at radius 3 is 2.25 bits per heavy atom. The van der Waals surface area contributed by atoms with Gasteiger partial charge in [-0.25, -0.2) is 0 Å². The number of rotatable bonds is 4. The summed E-state index contributed by atoms with van der Waals surface area (Å²) in [5.74, 6) is 2.21. The summed E-state index contributed by atoms with van der Waals surface area (Å²) in [5.41, 5.74) is 0. The van der Waals surface area contributed by atoms with Gasteiger partial charge in [0.05, 0.1) is 0 Å². The highest BCUT2D eigenvalue weighted by atomic mass is 16.1. The molecule has 3 aliphatic carbocycles. The number of hydrogen-bond donors (Lipinski definition) is 1. The van der Waals surface area contributed by atoms with E-state index in [0.717, 1.165) is 31.1 Å². The molecule has 2 saturated carbocycles. The number of amides is 1. The van der Waals surface area contributed by atoms with Crippen LogP contribution in [0.2, 0.25) is 0 Å². The lowest BCUT2D eigenvalue weighted by Crippen LogP contribution is -2.41. The van der Waals surface area contributed by atoms with Gasteiger partial charge in [-0.15, -0.1) is 0 Å². The first-order valence-corrected chi connectivity index (χ1v) is 6.80. The van der Waals surface area contributed by atoms with Crippen molar-refractivity contribution in [2.24, 2.45) is 17.8 Å². The van der Waals surface area contributed by atoms with Crippen molar-refractivity contribution in [2.75, 3.05) is 0 Å². The Balaban J connectivity index is 1.55. The highest BCUT2D eigenvalue weighted by molar-refractivity contribution is 5.79. The first-order valence-electron chi connectivity index (χ1n) is 6.80. The zero-order chi connectivity index (χ0) is 11.0. The maximum absolute atomic E-state index is 12.1. The van der Waals surface area contributed by atoms with Crippen LogP contribution in [0, 0.1) is 17.8 Å². The van der Waals surface area contributed by atoms with Crippen LogP contribution in [0.1, 0.15) is 44.9 Å². The van der Waals surface area contributed by atoms with E-state index < -0.39 is 0 Å². The van der Waals surface area contributed by atoms with Gasteiger partial charge in [0.1, 0.15) is 0 Å². The summed E-state index contributed by atoms with van der Waals surface area (Å²) in [6.45, 7) is 0. The molecule has 16 heavy (non-hydrogen) atoms. The second-order valence-corrected chi connectivity index (χ2v) is 5.69. The lowest BCUT2D eigenvalue weighted by molar-refractivity contribution is -0.126. The van der Waals surface area contributed by atoms with E-state index in [0.29, 0.717) is 11.9 Å². The summed E-state index contributed by atoms with van der Waals surface area (Å²) in [6, 6.07) is 0.526. The molecule has 1 atom stereocenters. The second kappa shape index (κ2) is 4.23. The molecule has 0 bridgehead atoms. The minimum absolute atomic E-state index is 0.255. The molecule has 2 heteroatoms. The molecule has 0 heterocycles. The Bertz CT molecular complexity index is 290. The quantitative estimate of drug-likeness (QED) is 0.724. The standard InChI is InChI=1S/C14H21NO/c16-14(12-4-2-1-3-5-12)15-13(10-6-7-10)11-8-9-11/h1-2,10-13H,3-9H2,(H,15,16). The Morgan fingerprint density at radius 2 is 1.75 bits per heavy atom. The van der Waals surface area contributed by atoms with Gasteiger partial charge in [0.25, 0.3) is 0 Å². The predicted molar refractivity (Wildman–Crippen MR) is 63.9 cm³/mol. The molecule has 1 unspecified atom stereocenters. The maximum Gasteiger partial charge on any atom is 0.223 e. The molecule has 0 spiro atoms. The third kappa shape index (κ3) is 2.31. The molecule has 3 aliphatic rings. The molecule has 88 valence electrons. The lowest BCUT2D eigenvalue weighted by atomic mass is 9.93. The summed E-state index contributed by atoms with van der Waals surface area (Å²) in [7, 11) is 0. The molecule has 0 aromatic rings. The van der Waals surface area contributed by atoms with E-state index in [2.05, 4.69) is 17.5 Å². The van der Waals surface area contributed by atoms with Crippen molar-refractivity contribution in [3.05, 3.63) is 12.2 Å². The number of hydrogen-bond acceptors (Lipinski definition) is 1. The summed E-state index contributed by atoms with van der Waals surface area (Å²) in [5, 5.41) is 3.34. The van der Waals surface area contributed by atoms with E-state index in [9.17, 15) is 4.79 Å². The summed E-state index contributed by atoms with van der Waals surface area (Å²) < 4.78 is 0. The molecule has 0 aliphatic heterocycles. The number of nitrogens with one attached hydrogen (secondary N) is 1. The zero-order valence-corrected chi connectivity index (χ0v) is 9.82. The molecule has 0 aromatic carbocycles. The van der Waals surface area contributed by atoms with E-state index in [1.807, 2.05) is 0 Å². The van der Waals surface area contributed by atoms with E-state index in [1.165, 1.54) is 25.7 Å². The fourth-order valence-electron chi connectivity index (χ4n) is 2.85. The van der Waals surface area contributed by atoms with Crippen LogP contribution in [-0.2, 0) is 4.79 Å². The maximum atomic E-state index is 12.1. The molecular formula is C14H21NO. The Labute approximate surface area is 97.5 Å². The monoisotopic (exact) mass is 219 g/mol. The van der Waals surface area contributed by atoms with E-state index >= 15 is 0 Å². The minimum atomic E-state index is 0.255. The van der Waals surface area contributed by atoms with Gasteiger partial charge in [-0.05, 0) is 56.8 Å². The molecule has 2 fully saturated rings. The van der Waals surface area contributed by atoms with Crippen molar-refractivity contribution in [1.82, 2.24) is 5.32 Å². The largest absolute Gasteiger partial charge is 0.353 e. The Morgan fingerprint density at radius 1 is 1.06 bits per heavy atom. The average Bonchev–Trinajstić information content (AvgIpc) is 3.19. The number of carbonyl (C=O) groups is 1. The summed E-state index contributed by atoms with van der Waals surface area (Å²) in [6.07, 6.45) is 12.8. The van der Waals surface area contributed by atoms with Crippen LogP contribution in [0.4, 0.5) is 0 Å². The van der Waals surface area contributed by atoms with Gasteiger partial charge in [-0.3, -0.25) is 4.79 Å². The van der Waals surface area contributed by atoms with Crippen molar-refractivity contribution in [3.8, 4) is 0 Å². The number of carbonyl (C=O) groups excluding carboxylic acids is 1. The van der Waals surface area contributed by atoms with Crippen molar-refractivity contribution in [1.29, 1.82) is 0 Å². The van der Waals surface area contributed by atoms with E-state index in [-0.39, 0.29) is 5.92 Å². The fraction of sp³-hybridized carbons (Fsp3) is 0.786. The van der Waals surface area contributed by atoms with Gasteiger partial charge < -0.3 is 5.32 Å². The molecule has 2 nitrogen and oxygen atoms in total. The van der Waals surface area contributed by atoms with Gasteiger partial charge in [0.2, 0.25) is 5.91 Å². The van der Waals surface area contributed by atoms with Crippen molar-refractivity contribution < 1.29 is 4.79 Å². The Kier molecular flexibility index (Phi) is 2.74. The van der Waals surface area contributed by atoms with Crippen LogP contribution in [0.3, 0.4) is 0 Å². The van der Waals surface area contributed by atoms with Crippen LogP contribution in [-0.4, -0.2) is 11.9 Å². The fourth-order valence-corrected chi connectivity index (χ4v) is 2.85. The van der Waals surface area contributed by atoms with Gasteiger partial charge in [-0.1, -0.05) is 12.2 Å². The molecule has 3 rings (SSSR count). The SMILES string of the molecule is O=C(NC(C1CC1)C1CC1)C1CC=CCC1. The van der Waals surface area contributed by atoms with Gasteiger partial charge in [0, 0.05) is 12.0 Å². The average molecular weight is 219 g/mol. The third-order valence-corrected chi connectivity index (χ3v) is 4.21. The van der Waals surface area contributed by atoms with Gasteiger partial charge in [0.15, 0.2) is 0 Å². The third-order valence-electron chi connectivity index (χ3n) is 4.21. The molecule has 0 saturated heterocycles. The van der Waals surface area contributed by atoms with Crippen LogP contribution in [0.25, 0.3) is 0 Å². The number of allylic oxidation sites excluding steroid dienone is 2. The molecule has 0 radical (unpaired) electrons. The van der Waals surface area contributed by atoms with Gasteiger partial charge >= 0.3 is 0 Å². The van der Waals surface area contributed by atoms with E-state index in [4.69, 9.17) is 0 Å². The first-order chi connectivity index (χ1) is 7.84. The molecule has 1 amide bonds. The van der Waals surface area contributed by atoms with E-state index in [1.54, 1.807) is 0 Å². The highest BCUT2D eigenvalue weighted by Crippen LogP contribution is 2.44. The smallest absolute Gasteiger partial charge is 0.223 e.